The molecule has 0 aromatic carbocycles. The van der Waals surface area contributed by atoms with Gasteiger partial charge in [0.15, 0.2) is 0 Å². The fourth-order valence-electron chi connectivity index (χ4n) is 1.86. The molecule has 0 spiro atoms. The number of thiocarbonyl (C=S) groups is 1. The Morgan fingerprint density at radius 3 is 2.53 bits per heavy atom. The largest absolute Gasteiger partial charge is 0.393 e. The minimum Gasteiger partial charge on any atom is -0.393 e. The van der Waals surface area contributed by atoms with E-state index in [0.29, 0.717) is 16.8 Å². The molecule has 1 saturated heterocycles. The zero-order chi connectivity index (χ0) is 11.6. The molecule has 1 heterocycles. The van der Waals surface area contributed by atoms with E-state index < -0.39 is 0 Å². The van der Waals surface area contributed by atoms with Crippen LogP contribution in [-0.2, 0) is 4.79 Å². The average molecular weight is 228 g/mol. The first-order valence-corrected chi connectivity index (χ1v) is 5.92. The summed E-state index contributed by atoms with van der Waals surface area (Å²) in [5.41, 5.74) is 5.49. The molecule has 1 aliphatic rings. The lowest BCUT2D eigenvalue weighted by Crippen LogP contribution is -2.46. The Kier molecular flexibility index (Phi) is 4.08. The van der Waals surface area contributed by atoms with Crippen molar-refractivity contribution in [3.8, 4) is 0 Å². The molecule has 0 aromatic rings. The van der Waals surface area contributed by atoms with E-state index >= 15 is 0 Å². The molecule has 1 aliphatic heterocycles. The monoisotopic (exact) mass is 228 g/mol. The first kappa shape index (κ1) is 12.4. The second-order valence-corrected chi connectivity index (χ2v) is 5.12. The van der Waals surface area contributed by atoms with E-state index in [4.69, 9.17) is 18.0 Å². The standard InChI is InChI=1S/C11H20N2OS/c1-7-4-5-13(6-8(7)2)11(14)9(3)10(12)15/h7-9H,4-6H2,1-3H3,(H2,12,15). The van der Waals surface area contributed by atoms with Crippen LogP contribution in [-0.4, -0.2) is 28.9 Å². The van der Waals surface area contributed by atoms with Crippen molar-refractivity contribution < 1.29 is 4.79 Å². The third-order valence-corrected chi connectivity index (χ3v) is 3.80. The van der Waals surface area contributed by atoms with Gasteiger partial charge in [0.1, 0.15) is 0 Å². The average Bonchev–Trinajstić information content (AvgIpc) is 2.19. The lowest BCUT2D eigenvalue weighted by Gasteiger charge is -2.36. The number of hydrogen-bond donors (Lipinski definition) is 1. The van der Waals surface area contributed by atoms with Crippen LogP contribution in [0.2, 0.25) is 0 Å². The first-order chi connectivity index (χ1) is 6.93. The van der Waals surface area contributed by atoms with Crippen molar-refractivity contribution in [3.63, 3.8) is 0 Å². The number of nitrogens with two attached hydrogens (primary N) is 1. The molecule has 3 atom stereocenters. The van der Waals surface area contributed by atoms with Gasteiger partial charge in [-0.2, -0.15) is 0 Å². The molecule has 3 unspecified atom stereocenters. The minimum absolute atomic E-state index is 0.0845. The van der Waals surface area contributed by atoms with Gasteiger partial charge in [-0.3, -0.25) is 4.79 Å². The SMILES string of the molecule is CC(C(=O)N1CCC(C)C(C)C1)C(N)=S. The molecular weight excluding hydrogens is 208 g/mol. The number of nitrogens with zero attached hydrogens (tertiary/aromatic N) is 1. The van der Waals surface area contributed by atoms with Crippen LogP contribution in [0.5, 0.6) is 0 Å². The Labute approximate surface area is 97.0 Å². The molecule has 0 aliphatic carbocycles. The highest BCUT2D eigenvalue weighted by Gasteiger charge is 2.29. The second-order valence-electron chi connectivity index (χ2n) is 4.65. The van der Waals surface area contributed by atoms with Crippen LogP contribution in [0, 0.1) is 17.8 Å². The van der Waals surface area contributed by atoms with Gasteiger partial charge in [-0.15, -0.1) is 0 Å². The van der Waals surface area contributed by atoms with Crippen molar-refractivity contribution >= 4 is 23.1 Å². The second kappa shape index (κ2) is 4.92. The maximum Gasteiger partial charge on any atom is 0.232 e. The summed E-state index contributed by atoms with van der Waals surface area (Å²) in [7, 11) is 0. The van der Waals surface area contributed by atoms with E-state index in [1.54, 1.807) is 6.92 Å². The topological polar surface area (TPSA) is 46.3 Å². The molecule has 0 radical (unpaired) electrons. The van der Waals surface area contributed by atoms with Gasteiger partial charge in [-0.05, 0) is 25.2 Å². The summed E-state index contributed by atoms with van der Waals surface area (Å²) >= 11 is 4.85. The third-order valence-electron chi connectivity index (χ3n) is 3.44. The highest BCUT2D eigenvalue weighted by Crippen LogP contribution is 2.23. The predicted molar refractivity (Wildman–Crippen MR) is 65.5 cm³/mol. The molecule has 1 rings (SSSR count). The third kappa shape index (κ3) is 2.91. The van der Waals surface area contributed by atoms with Gasteiger partial charge in [0, 0.05) is 13.1 Å². The van der Waals surface area contributed by atoms with Crippen LogP contribution in [0.15, 0.2) is 0 Å². The molecule has 0 bridgehead atoms. The lowest BCUT2D eigenvalue weighted by atomic mass is 9.88. The van der Waals surface area contributed by atoms with E-state index in [1.165, 1.54) is 0 Å². The van der Waals surface area contributed by atoms with Crippen molar-refractivity contribution in [2.75, 3.05) is 13.1 Å². The Morgan fingerprint density at radius 2 is 2.07 bits per heavy atom. The Morgan fingerprint density at radius 1 is 1.47 bits per heavy atom. The maximum absolute atomic E-state index is 12.0. The lowest BCUT2D eigenvalue weighted by molar-refractivity contribution is -0.135. The van der Waals surface area contributed by atoms with Crippen molar-refractivity contribution in [1.29, 1.82) is 0 Å². The minimum atomic E-state index is -0.319. The Hall–Kier alpha value is -0.640. The Balaban J connectivity index is 2.58. The molecule has 15 heavy (non-hydrogen) atoms. The van der Waals surface area contributed by atoms with Gasteiger partial charge >= 0.3 is 0 Å². The Bertz CT molecular complexity index is 267. The number of amides is 1. The molecule has 2 N–H and O–H groups in total. The molecule has 0 saturated carbocycles. The van der Waals surface area contributed by atoms with Gasteiger partial charge in [0.05, 0.1) is 10.9 Å². The molecular formula is C11H20N2OS. The van der Waals surface area contributed by atoms with Crippen molar-refractivity contribution in [1.82, 2.24) is 4.90 Å². The van der Waals surface area contributed by atoms with Crippen LogP contribution in [0.25, 0.3) is 0 Å². The van der Waals surface area contributed by atoms with Crippen LogP contribution < -0.4 is 5.73 Å². The number of carbonyl (C=O) groups is 1. The number of hydrogen-bond acceptors (Lipinski definition) is 2. The summed E-state index contributed by atoms with van der Waals surface area (Å²) < 4.78 is 0. The predicted octanol–water partition coefficient (Wildman–Crippen LogP) is 1.41. The molecule has 1 amide bonds. The fourth-order valence-corrected chi connectivity index (χ4v) is 1.96. The quantitative estimate of drug-likeness (QED) is 0.727. The maximum atomic E-state index is 12.0. The van der Waals surface area contributed by atoms with Crippen molar-refractivity contribution in [2.24, 2.45) is 23.5 Å². The molecule has 4 heteroatoms. The van der Waals surface area contributed by atoms with Gasteiger partial charge in [-0.1, -0.05) is 26.1 Å². The van der Waals surface area contributed by atoms with Gasteiger partial charge in [0.25, 0.3) is 0 Å². The highest BCUT2D eigenvalue weighted by atomic mass is 32.1. The number of rotatable bonds is 2. The molecule has 0 aromatic heterocycles. The molecule has 3 nitrogen and oxygen atoms in total. The van der Waals surface area contributed by atoms with Gasteiger partial charge in [0.2, 0.25) is 5.91 Å². The summed E-state index contributed by atoms with van der Waals surface area (Å²) in [6.07, 6.45) is 1.08. The van der Waals surface area contributed by atoms with E-state index in [-0.39, 0.29) is 11.8 Å². The van der Waals surface area contributed by atoms with Crippen LogP contribution in [0.1, 0.15) is 27.2 Å². The highest BCUT2D eigenvalue weighted by molar-refractivity contribution is 7.80. The van der Waals surface area contributed by atoms with E-state index in [1.807, 2.05) is 4.90 Å². The number of likely N-dealkylation sites (tertiary alicyclic amines) is 1. The summed E-state index contributed by atoms with van der Waals surface area (Å²) in [5, 5.41) is 0. The summed E-state index contributed by atoms with van der Waals surface area (Å²) in [4.78, 5) is 14.1. The van der Waals surface area contributed by atoms with E-state index in [2.05, 4.69) is 13.8 Å². The fraction of sp³-hybridized carbons (Fsp3) is 0.818. The van der Waals surface area contributed by atoms with Crippen molar-refractivity contribution in [3.05, 3.63) is 0 Å². The van der Waals surface area contributed by atoms with E-state index in [9.17, 15) is 4.79 Å². The van der Waals surface area contributed by atoms with Gasteiger partial charge < -0.3 is 10.6 Å². The van der Waals surface area contributed by atoms with Crippen LogP contribution in [0.3, 0.4) is 0 Å². The smallest absolute Gasteiger partial charge is 0.232 e. The van der Waals surface area contributed by atoms with E-state index in [0.717, 1.165) is 19.5 Å². The van der Waals surface area contributed by atoms with Crippen LogP contribution in [0.4, 0.5) is 0 Å². The normalized spacial score (nSPS) is 28.6. The van der Waals surface area contributed by atoms with Crippen LogP contribution >= 0.6 is 12.2 Å². The zero-order valence-electron chi connectivity index (χ0n) is 9.69. The number of piperidine rings is 1. The molecule has 86 valence electrons. The summed E-state index contributed by atoms with van der Waals surface area (Å²) in [6.45, 7) is 7.90. The molecule has 1 fully saturated rings. The number of carbonyl (C=O) groups excluding carboxylic acids is 1. The van der Waals surface area contributed by atoms with Gasteiger partial charge in [-0.25, -0.2) is 0 Å². The first-order valence-electron chi connectivity index (χ1n) is 5.51. The van der Waals surface area contributed by atoms with Crippen molar-refractivity contribution in [2.45, 2.75) is 27.2 Å². The summed E-state index contributed by atoms with van der Waals surface area (Å²) in [5.74, 6) is 1.04. The summed E-state index contributed by atoms with van der Waals surface area (Å²) in [6, 6.07) is 0. The zero-order valence-corrected chi connectivity index (χ0v) is 10.5.